The Morgan fingerprint density at radius 1 is 0.946 bits per heavy atom. The van der Waals surface area contributed by atoms with Gasteiger partial charge in [-0.25, -0.2) is 16.8 Å². The number of anilines is 2. The number of hydrogen-bond acceptors (Lipinski definition) is 6. The summed E-state index contributed by atoms with van der Waals surface area (Å²) in [5.41, 5.74) is 3.28. The fourth-order valence-electron chi connectivity index (χ4n) is 3.86. The Morgan fingerprint density at radius 2 is 1.57 bits per heavy atom. The van der Waals surface area contributed by atoms with Crippen LogP contribution in [-0.2, 0) is 31.1 Å². The van der Waals surface area contributed by atoms with Crippen LogP contribution in [0.1, 0.15) is 17.5 Å². The number of nitrogens with zero attached hydrogens (tertiary/aromatic N) is 1. The van der Waals surface area contributed by atoms with E-state index >= 15 is 0 Å². The van der Waals surface area contributed by atoms with Crippen LogP contribution in [0, 0.1) is 0 Å². The van der Waals surface area contributed by atoms with E-state index < -0.39 is 26.0 Å². The molecule has 1 aliphatic rings. The van der Waals surface area contributed by atoms with Crippen LogP contribution in [0.3, 0.4) is 0 Å². The lowest BCUT2D eigenvalue weighted by molar-refractivity contribution is -0.113. The maximum absolute atomic E-state index is 12.9. The number of rotatable bonds is 7. The number of carbonyl (C=O) groups excluding carboxylic acids is 1. The summed E-state index contributed by atoms with van der Waals surface area (Å²) in [6.07, 6.45) is 5.09. The molecule has 0 saturated carbocycles. The summed E-state index contributed by atoms with van der Waals surface area (Å²) in [7, 11) is -5.46. The van der Waals surface area contributed by atoms with E-state index in [0.29, 0.717) is 17.7 Å². The summed E-state index contributed by atoms with van der Waals surface area (Å²) < 4.78 is 51.6. The Balaban J connectivity index is 0.00000380. The summed E-state index contributed by atoms with van der Waals surface area (Å²) >= 11 is 0. The maximum Gasteiger partial charge on any atom is 0.250 e. The molecule has 0 spiro atoms. The van der Waals surface area contributed by atoms with Crippen molar-refractivity contribution in [3.63, 3.8) is 0 Å². The molecule has 3 aromatic carbocycles. The van der Waals surface area contributed by atoms with Crippen molar-refractivity contribution in [3.05, 3.63) is 90.0 Å². The molecule has 2 N–H and O–H groups in total. The van der Waals surface area contributed by atoms with Crippen LogP contribution in [0.25, 0.3) is 6.08 Å². The van der Waals surface area contributed by atoms with Crippen molar-refractivity contribution < 1.29 is 21.6 Å². The van der Waals surface area contributed by atoms with Crippen LogP contribution >= 0.6 is 12.4 Å². The second kappa shape index (κ2) is 11.5. The van der Waals surface area contributed by atoms with Crippen LogP contribution in [0.5, 0.6) is 0 Å². The topological polar surface area (TPSA) is 113 Å². The van der Waals surface area contributed by atoms with Gasteiger partial charge in [-0.15, -0.1) is 12.4 Å². The third-order valence-corrected chi connectivity index (χ3v) is 8.55. The Labute approximate surface area is 223 Å². The van der Waals surface area contributed by atoms with Gasteiger partial charge >= 0.3 is 0 Å². The van der Waals surface area contributed by atoms with E-state index in [0.717, 1.165) is 23.9 Å². The van der Waals surface area contributed by atoms with Gasteiger partial charge in [0.2, 0.25) is 10.0 Å². The molecule has 0 fully saturated rings. The lowest BCUT2D eigenvalue weighted by atomic mass is 10.0. The van der Waals surface area contributed by atoms with Crippen LogP contribution in [0.15, 0.2) is 88.7 Å². The molecular formula is C26H28ClN3O5S2. The summed E-state index contributed by atoms with van der Waals surface area (Å²) in [5.74, 6) is -0.319. The van der Waals surface area contributed by atoms with E-state index in [1.165, 1.54) is 35.2 Å². The third-order valence-electron chi connectivity index (χ3n) is 5.94. The van der Waals surface area contributed by atoms with Gasteiger partial charge < -0.3 is 10.2 Å². The largest absolute Gasteiger partial charge is 0.369 e. The normalized spacial score (nSPS) is 15.4. The number of halogens is 1. The molecule has 11 heteroatoms. The minimum absolute atomic E-state index is 0. The second-order valence-corrected chi connectivity index (χ2v) is 12.3. The fourth-order valence-corrected chi connectivity index (χ4v) is 5.68. The predicted molar refractivity (Wildman–Crippen MR) is 148 cm³/mol. The first-order chi connectivity index (χ1) is 17.0. The molecule has 0 saturated heterocycles. The Morgan fingerprint density at radius 3 is 2.22 bits per heavy atom. The molecule has 196 valence electrons. The molecule has 1 amide bonds. The Hall–Kier alpha value is -3.18. The average molecular weight is 562 g/mol. The van der Waals surface area contributed by atoms with Crippen molar-refractivity contribution in [2.45, 2.75) is 28.8 Å². The van der Waals surface area contributed by atoms with Gasteiger partial charge in [-0.05, 0) is 72.5 Å². The number of nitrogens with one attached hydrogen (secondary N) is 2. The van der Waals surface area contributed by atoms with Crippen LogP contribution < -0.4 is 14.9 Å². The van der Waals surface area contributed by atoms with Crippen molar-refractivity contribution >= 4 is 55.6 Å². The smallest absolute Gasteiger partial charge is 0.250 e. The summed E-state index contributed by atoms with van der Waals surface area (Å²) in [5, 5.41) is 3.22. The maximum atomic E-state index is 12.9. The van der Waals surface area contributed by atoms with E-state index in [1.54, 1.807) is 37.4 Å². The molecule has 0 radical (unpaired) electrons. The van der Waals surface area contributed by atoms with Crippen LogP contribution in [0.2, 0.25) is 0 Å². The number of sulfone groups is 1. The first kappa shape index (κ1) is 28.4. The molecule has 1 heterocycles. The quantitative estimate of drug-likeness (QED) is 0.424. The van der Waals surface area contributed by atoms with Crippen molar-refractivity contribution in [2.75, 3.05) is 23.5 Å². The van der Waals surface area contributed by atoms with Crippen molar-refractivity contribution in [2.24, 2.45) is 0 Å². The average Bonchev–Trinajstić information content (AvgIpc) is 2.86. The Bertz CT molecular complexity index is 1500. The van der Waals surface area contributed by atoms with Gasteiger partial charge in [-0.2, -0.15) is 4.72 Å². The molecule has 3 aromatic rings. The monoisotopic (exact) mass is 561 g/mol. The standard InChI is InChI=1S/C26H27N3O5S2.ClH/c1-29(26(30)18-9-19-7-13-22(14-8-19)35(2,31)32)21-11-15-23(16-12-21)36(33,34)28-25-17-10-20-5-3-4-6-24(20)27-25;/h3-9,11-16,18,25,27-28H,10,17H2,1-2H3;1H/b18-9+;. The van der Waals surface area contributed by atoms with Crippen molar-refractivity contribution in [3.8, 4) is 0 Å². The van der Waals surface area contributed by atoms with Gasteiger partial charge in [0, 0.05) is 30.8 Å². The number of amides is 1. The number of para-hydroxylation sites is 1. The fraction of sp³-hybridized carbons (Fsp3) is 0.192. The van der Waals surface area contributed by atoms with E-state index in [9.17, 15) is 21.6 Å². The number of hydrogen-bond donors (Lipinski definition) is 2. The van der Waals surface area contributed by atoms with Gasteiger partial charge in [0.15, 0.2) is 9.84 Å². The molecule has 0 bridgehead atoms. The highest BCUT2D eigenvalue weighted by Crippen LogP contribution is 2.25. The first-order valence-corrected chi connectivity index (χ1v) is 14.6. The molecular weight excluding hydrogens is 534 g/mol. The van der Waals surface area contributed by atoms with E-state index in [-0.39, 0.29) is 28.1 Å². The van der Waals surface area contributed by atoms with Gasteiger partial charge in [0.1, 0.15) is 0 Å². The molecule has 1 aliphatic heterocycles. The summed E-state index contributed by atoms with van der Waals surface area (Å²) in [6, 6.07) is 20.1. The van der Waals surface area contributed by atoms with Gasteiger partial charge in [0.05, 0.1) is 16.0 Å². The highest BCUT2D eigenvalue weighted by atomic mass is 35.5. The molecule has 37 heavy (non-hydrogen) atoms. The number of carbonyl (C=O) groups is 1. The minimum Gasteiger partial charge on any atom is -0.369 e. The van der Waals surface area contributed by atoms with Crippen molar-refractivity contribution in [1.82, 2.24) is 4.72 Å². The lowest BCUT2D eigenvalue weighted by Gasteiger charge is -2.27. The summed E-state index contributed by atoms with van der Waals surface area (Å²) in [6.45, 7) is 0. The number of aryl methyl sites for hydroxylation is 1. The zero-order chi connectivity index (χ0) is 25.9. The highest BCUT2D eigenvalue weighted by Gasteiger charge is 2.24. The SMILES string of the molecule is CN(C(=O)/C=C/c1ccc(S(C)(=O)=O)cc1)c1ccc(S(=O)(=O)NC2CCc3ccccc3N2)cc1.Cl. The molecule has 4 rings (SSSR count). The number of benzene rings is 3. The van der Waals surface area contributed by atoms with Gasteiger partial charge in [0.25, 0.3) is 5.91 Å². The van der Waals surface area contributed by atoms with Crippen LogP contribution in [-0.4, -0.2) is 42.2 Å². The van der Waals surface area contributed by atoms with Gasteiger partial charge in [-0.1, -0.05) is 30.3 Å². The molecule has 0 aliphatic carbocycles. The minimum atomic E-state index is -3.76. The zero-order valence-corrected chi connectivity index (χ0v) is 22.7. The predicted octanol–water partition coefficient (Wildman–Crippen LogP) is 3.85. The van der Waals surface area contributed by atoms with Gasteiger partial charge in [-0.3, -0.25) is 4.79 Å². The van der Waals surface area contributed by atoms with Crippen LogP contribution in [0.4, 0.5) is 11.4 Å². The Kier molecular flexibility index (Phi) is 8.80. The van der Waals surface area contributed by atoms with Crippen molar-refractivity contribution in [1.29, 1.82) is 0 Å². The molecule has 1 atom stereocenters. The highest BCUT2D eigenvalue weighted by molar-refractivity contribution is 7.90. The zero-order valence-electron chi connectivity index (χ0n) is 20.3. The van der Waals surface area contributed by atoms with E-state index in [4.69, 9.17) is 0 Å². The summed E-state index contributed by atoms with van der Waals surface area (Å²) in [4.78, 5) is 14.3. The number of sulfonamides is 1. The first-order valence-electron chi connectivity index (χ1n) is 11.3. The second-order valence-electron chi connectivity index (χ2n) is 8.58. The number of fused-ring (bicyclic) bond motifs is 1. The molecule has 1 unspecified atom stereocenters. The third kappa shape index (κ3) is 6.98. The lowest BCUT2D eigenvalue weighted by Crippen LogP contribution is -2.42. The van der Waals surface area contributed by atoms with E-state index in [2.05, 4.69) is 10.0 Å². The molecule has 8 nitrogen and oxygen atoms in total. The van der Waals surface area contributed by atoms with E-state index in [1.807, 2.05) is 24.3 Å². The number of likely N-dealkylation sites (N-methyl/N-ethyl adjacent to an activating group) is 1. The molecule has 0 aromatic heterocycles.